The number of guanidine groups is 1. The number of benzene rings is 1. The first-order valence-corrected chi connectivity index (χ1v) is 10.6. The molecule has 2 aromatic rings. The quantitative estimate of drug-likeness (QED) is 0.220. The van der Waals surface area contributed by atoms with Crippen LogP contribution in [0.3, 0.4) is 0 Å². The predicted octanol–water partition coefficient (Wildman–Crippen LogP) is 3.87. The van der Waals surface area contributed by atoms with Crippen molar-refractivity contribution in [2.75, 3.05) is 25.1 Å². The molecule has 1 fully saturated rings. The minimum absolute atomic E-state index is 0. The summed E-state index contributed by atoms with van der Waals surface area (Å²) in [6, 6.07) is 12.0. The molecular formula is C23H32IN5O2. The smallest absolute Gasteiger partial charge is 0.227 e. The van der Waals surface area contributed by atoms with Crippen LogP contribution in [0.1, 0.15) is 43.7 Å². The van der Waals surface area contributed by atoms with E-state index in [9.17, 15) is 4.79 Å². The number of hydrogen-bond acceptors (Lipinski definition) is 4. The highest BCUT2D eigenvalue weighted by molar-refractivity contribution is 14.0. The maximum Gasteiger partial charge on any atom is 0.227 e. The first-order valence-electron chi connectivity index (χ1n) is 10.6. The molecule has 1 amide bonds. The van der Waals surface area contributed by atoms with Gasteiger partial charge in [-0.15, -0.1) is 24.0 Å². The number of aliphatic imine (C=N–C) groups is 1. The molecule has 2 heterocycles. The molecule has 1 aliphatic rings. The van der Waals surface area contributed by atoms with Crippen molar-refractivity contribution < 1.29 is 9.53 Å². The summed E-state index contributed by atoms with van der Waals surface area (Å²) in [5, 5.41) is 6.64. The second-order valence-corrected chi connectivity index (χ2v) is 7.26. The third kappa shape index (κ3) is 7.37. The molecule has 0 spiro atoms. The fourth-order valence-corrected chi connectivity index (χ4v) is 3.30. The number of carbonyl (C=O) groups is 1. The van der Waals surface area contributed by atoms with Crippen LogP contribution in [0.5, 0.6) is 5.88 Å². The Morgan fingerprint density at radius 2 is 1.97 bits per heavy atom. The van der Waals surface area contributed by atoms with Gasteiger partial charge in [0, 0.05) is 50.6 Å². The number of halogens is 1. The predicted molar refractivity (Wildman–Crippen MR) is 135 cm³/mol. The van der Waals surface area contributed by atoms with Crippen molar-refractivity contribution in [1.82, 2.24) is 15.6 Å². The van der Waals surface area contributed by atoms with E-state index in [4.69, 9.17) is 4.74 Å². The molecular weight excluding hydrogens is 505 g/mol. The minimum atomic E-state index is 0. The number of unbranched alkanes of at least 4 members (excludes halogenated alkanes) is 1. The first-order chi connectivity index (χ1) is 14.7. The molecule has 1 aromatic carbocycles. The van der Waals surface area contributed by atoms with Crippen molar-refractivity contribution in [3.8, 4) is 5.88 Å². The zero-order valence-corrected chi connectivity index (χ0v) is 20.6. The maximum atomic E-state index is 11.9. The summed E-state index contributed by atoms with van der Waals surface area (Å²) in [5.74, 6) is 1.58. The van der Waals surface area contributed by atoms with Crippen molar-refractivity contribution in [3.63, 3.8) is 0 Å². The monoisotopic (exact) mass is 537 g/mol. The number of amides is 1. The third-order valence-corrected chi connectivity index (χ3v) is 5.04. The van der Waals surface area contributed by atoms with Crippen LogP contribution in [-0.4, -0.2) is 37.1 Å². The Morgan fingerprint density at radius 3 is 2.65 bits per heavy atom. The largest absolute Gasteiger partial charge is 0.477 e. The van der Waals surface area contributed by atoms with Crippen molar-refractivity contribution in [3.05, 3.63) is 53.7 Å². The van der Waals surface area contributed by atoms with Crippen molar-refractivity contribution in [2.24, 2.45) is 4.99 Å². The molecule has 0 bridgehead atoms. The fourth-order valence-electron chi connectivity index (χ4n) is 3.30. The van der Waals surface area contributed by atoms with Gasteiger partial charge in [-0.2, -0.15) is 0 Å². The van der Waals surface area contributed by atoms with Crippen molar-refractivity contribution in [2.45, 2.75) is 45.7 Å². The molecule has 31 heavy (non-hydrogen) atoms. The van der Waals surface area contributed by atoms with Gasteiger partial charge < -0.3 is 20.3 Å². The van der Waals surface area contributed by atoms with Crippen LogP contribution in [-0.2, 0) is 17.9 Å². The van der Waals surface area contributed by atoms with Gasteiger partial charge in [-0.3, -0.25) is 9.79 Å². The molecule has 3 rings (SSSR count). The van der Waals surface area contributed by atoms with Gasteiger partial charge in [0.25, 0.3) is 0 Å². The molecule has 0 unspecified atom stereocenters. The summed E-state index contributed by atoms with van der Waals surface area (Å²) in [6.45, 7) is 4.84. The van der Waals surface area contributed by atoms with Gasteiger partial charge in [0.1, 0.15) is 0 Å². The Bertz CT molecular complexity index is 857. The van der Waals surface area contributed by atoms with Gasteiger partial charge in [-0.1, -0.05) is 31.5 Å². The Labute approximate surface area is 201 Å². The molecule has 2 N–H and O–H groups in total. The lowest BCUT2D eigenvalue weighted by molar-refractivity contribution is -0.117. The average Bonchev–Trinajstić information content (AvgIpc) is 3.21. The van der Waals surface area contributed by atoms with Gasteiger partial charge in [0.15, 0.2) is 5.96 Å². The summed E-state index contributed by atoms with van der Waals surface area (Å²) >= 11 is 0. The molecule has 168 valence electrons. The van der Waals surface area contributed by atoms with Crippen LogP contribution in [0.25, 0.3) is 0 Å². The van der Waals surface area contributed by atoms with E-state index in [1.54, 1.807) is 13.2 Å². The highest BCUT2D eigenvalue weighted by Crippen LogP contribution is 2.21. The average molecular weight is 537 g/mol. The van der Waals surface area contributed by atoms with E-state index in [1.807, 2.05) is 41.3 Å². The van der Waals surface area contributed by atoms with E-state index in [-0.39, 0.29) is 29.9 Å². The standard InChI is InChI=1S/C23H31N5O2.HI/c1-3-4-15-30-22-19(7-5-13-25-22)17-27-23(24-2)26-16-18-9-11-20(12-10-18)28-14-6-8-21(28)29;/h5,7,9-13H,3-4,6,8,14-17H2,1-2H3,(H2,24,26,27);1H. The van der Waals surface area contributed by atoms with Crippen LogP contribution in [0.4, 0.5) is 5.69 Å². The summed E-state index contributed by atoms with van der Waals surface area (Å²) in [5.41, 5.74) is 3.09. The van der Waals surface area contributed by atoms with Gasteiger partial charge in [0.05, 0.1) is 6.61 Å². The van der Waals surface area contributed by atoms with E-state index >= 15 is 0 Å². The van der Waals surface area contributed by atoms with Crippen LogP contribution in [0, 0.1) is 0 Å². The zero-order chi connectivity index (χ0) is 21.2. The van der Waals surface area contributed by atoms with Gasteiger partial charge >= 0.3 is 0 Å². The normalized spacial score (nSPS) is 13.7. The number of nitrogens with zero attached hydrogens (tertiary/aromatic N) is 3. The summed E-state index contributed by atoms with van der Waals surface area (Å²) < 4.78 is 5.79. The van der Waals surface area contributed by atoms with Crippen LogP contribution in [0.15, 0.2) is 47.6 Å². The van der Waals surface area contributed by atoms with Crippen LogP contribution < -0.4 is 20.3 Å². The third-order valence-electron chi connectivity index (χ3n) is 5.04. The molecule has 1 aromatic heterocycles. The molecule has 0 aliphatic carbocycles. The van der Waals surface area contributed by atoms with Crippen LogP contribution in [0.2, 0.25) is 0 Å². The second kappa shape index (κ2) is 13.1. The maximum absolute atomic E-state index is 11.9. The Hall–Kier alpha value is -2.36. The van der Waals surface area contributed by atoms with E-state index in [2.05, 4.69) is 27.5 Å². The summed E-state index contributed by atoms with van der Waals surface area (Å²) in [4.78, 5) is 22.4. The molecule has 1 saturated heterocycles. The molecule has 0 atom stereocenters. The lowest BCUT2D eigenvalue weighted by Gasteiger charge is -2.17. The van der Waals surface area contributed by atoms with E-state index < -0.39 is 0 Å². The minimum Gasteiger partial charge on any atom is -0.477 e. The number of nitrogens with one attached hydrogen (secondary N) is 2. The molecule has 1 aliphatic heterocycles. The number of anilines is 1. The highest BCUT2D eigenvalue weighted by Gasteiger charge is 2.21. The van der Waals surface area contributed by atoms with Crippen LogP contribution >= 0.6 is 24.0 Å². The Balaban J connectivity index is 0.00000341. The van der Waals surface area contributed by atoms with E-state index in [0.29, 0.717) is 38.0 Å². The van der Waals surface area contributed by atoms with Crippen molar-refractivity contribution >= 4 is 41.5 Å². The molecule has 7 nitrogen and oxygen atoms in total. The number of hydrogen-bond donors (Lipinski definition) is 2. The number of aromatic nitrogens is 1. The number of ether oxygens (including phenoxy) is 1. The van der Waals surface area contributed by atoms with E-state index in [0.717, 1.165) is 42.6 Å². The lowest BCUT2D eigenvalue weighted by Crippen LogP contribution is -2.36. The summed E-state index contributed by atoms with van der Waals surface area (Å²) in [6.07, 6.45) is 5.43. The SMILES string of the molecule is CCCCOc1ncccc1CNC(=NC)NCc1ccc(N2CCCC2=O)cc1.I. The van der Waals surface area contributed by atoms with Gasteiger partial charge in [-0.25, -0.2) is 4.98 Å². The number of carbonyl (C=O) groups excluding carboxylic acids is 1. The zero-order valence-electron chi connectivity index (χ0n) is 18.3. The van der Waals surface area contributed by atoms with E-state index in [1.165, 1.54) is 0 Å². The fraction of sp³-hybridized carbons (Fsp3) is 0.435. The second-order valence-electron chi connectivity index (χ2n) is 7.26. The number of pyridine rings is 1. The van der Waals surface area contributed by atoms with Gasteiger partial charge in [-0.05, 0) is 36.6 Å². The molecule has 0 radical (unpaired) electrons. The lowest BCUT2D eigenvalue weighted by atomic mass is 10.2. The Kier molecular flexibility index (Phi) is 10.6. The number of rotatable bonds is 9. The first kappa shape index (κ1) is 24.9. The molecule has 8 heteroatoms. The van der Waals surface area contributed by atoms with Crippen molar-refractivity contribution in [1.29, 1.82) is 0 Å². The molecule has 0 saturated carbocycles. The topological polar surface area (TPSA) is 78.8 Å². The Morgan fingerprint density at radius 1 is 1.19 bits per heavy atom. The summed E-state index contributed by atoms with van der Waals surface area (Å²) in [7, 11) is 1.75. The highest BCUT2D eigenvalue weighted by atomic mass is 127. The van der Waals surface area contributed by atoms with Gasteiger partial charge in [0.2, 0.25) is 11.8 Å².